The van der Waals surface area contributed by atoms with Gasteiger partial charge in [0.2, 0.25) is 5.75 Å². The molecule has 1 aromatic rings. The third-order valence-electron chi connectivity index (χ3n) is 4.16. The average molecular weight is 374 g/mol. The van der Waals surface area contributed by atoms with Gasteiger partial charge < -0.3 is 25.3 Å². The fourth-order valence-corrected chi connectivity index (χ4v) is 2.86. The largest absolute Gasteiger partial charge is 0.493 e. The first-order chi connectivity index (χ1) is 11.4. The van der Waals surface area contributed by atoms with E-state index in [9.17, 15) is 4.79 Å². The minimum Gasteiger partial charge on any atom is -0.493 e. The molecule has 1 saturated heterocycles. The summed E-state index contributed by atoms with van der Waals surface area (Å²) < 4.78 is 16.3. The maximum atomic E-state index is 11.0. The lowest BCUT2D eigenvalue weighted by Gasteiger charge is -2.37. The molecule has 2 rings (SSSR count). The summed E-state index contributed by atoms with van der Waals surface area (Å²) in [5.41, 5.74) is 6.21. The van der Waals surface area contributed by atoms with E-state index in [4.69, 9.17) is 19.9 Å². The van der Waals surface area contributed by atoms with Crippen molar-refractivity contribution in [3.8, 4) is 17.2 Å². The predicted octanol–water partition coefficient (Wildman–Crippen LogP) is 1.17. The number of halogens is 1. The van der Waals surface area contributed by atoms with Gasteiger partial charge in [0.25, 0.3) is 5.91 Å². The molecular formula is C17H28ClN3O4. The van der Waals surface area contributed by atoms with E-state index in [2.05, 4.69) is 24.1 Å². The Hall–Kier alpha value is -1.70. The molecule has 1 aliphatic heterocycles. The summed E-state index contributed by atoms with van der Waals surface area (Å²) in [6, 6.07) is 4.74. The quantitative estimate of drug-likeness (QED) is 0.746. The van der Waals surface area contributed by atoms with Crippen molar-refractivity contribution in [1.82, 2.24) is 10.2 Å². The van der Waals surface area contributed by atoms with E-state index in [1.807, 2.05) is 12.1 Å². The van der Waals surface area contributed by atoms with Gasteiger partial charge in [0, 0.05) is 31.7 Å². The highest BCUT2D eigenvalue weighted by Gasteiger charge is 2.23. The Morgan fingerprint density at radius 3 is 2.40 bits per heavy atom. The third kappa shape index (κ3) is 5.66. The Labute approximate surface area is 155 Å². The minimum absolute atomic E-state index is 0. The van der Waals surface area contributed by atoms with Gasteiger partial charge in [-0.3, -0.25) is 9.69 Å². The van der Waals surface area contributed by atoms with Gasteiger partial charge in [-0.2, -0.15) is 0 Å². The van der Waals surface area contributed by atoms with Crippen LogP contribution in [0.15, 0.2) is 12.1 Å². The van der Waals surface area contributed by atoms with Crippen molar-refractivity contribution in [2.75, 3.05) is 33.9 Å². The molecule has 142 valence electrons. The first-order valence-electron chi connectivity index (χ1n) is 8.08. The number of nitrogens with one attached hydrogen (secondary N) is 1. The van der Waals surface area contributed by atoms with E-state index < -0.39 is 5.91 Å². The summed E-state index contributed by atoms with van der Waals surface area (Å²) in [5, 5.41) is 3.47. The third-order valence-corrected chi connectivity index (χ3v) is 4.16. The molecule has 0 bridgehead atoms. The van der Waals surface area contributed by atoms with E-state index in [0.717, 1.165) is 25.2 Å². The highest BCUT2D eigenvalue weighted by Crippen LogP contribution is 2.39. The number of nitrogens with zero attached hydrogens (tertiary/aromatic N) is 1. The van der Waals surface area contributed by atoms with Crippen molar-refractivity contribution in [1.29, 1.82) is 0 Å². The SMILES string of the molecule is COc1cc(CN2CC(C)NCC2C)cc(OC)c1OCC(N)=O.Cl. The molecule has 8 heteroatoms. The van der Waals surface area contributed by atoms with E-state index in [-0.39, 0.29) is 19.0 Å². The number of benzene rings is 1. The molecule has 1 aromatic carbocycles. The number of carbonyl (C=O) groups excluding carboxylic acids is 1. The molecule has 2 atom stereocenters. The standard InChI is InChI=1S/C17H27N3O4.ClH/c1-11-8-20(12(2)7-19-11)9-13-5-14(22-3)17(15(6-13)23-4)24-10-16(18)21;/h5-6,11-12,19H,7-10H2,1-4H3,(H2,18,21);1H. The number of amides is 1. The number of nitrogens with two attached hydrogens (primary N) is 1. The number of hydrogen-bond donors (Lipinski definition) is 2. The van der Waals surface area contributed by atoms with Crippen LogP contribution in [-0.4, -0.2) is 56.8 Å². The van der Waals surface area contributed by atoms with Crippen LogP contribution in [0.2, 0.25) is 0 Å². The number of primary amides is 1. The summed E-state index contributed by atoms with van der Waals surface area (Å²) in [7, 11) is 3.12. The lowest BCUT2D eigenvalue weighted by Crippen LogP contribution is -2.53. The monoisotopic (exact) mass is 373 g/mol. The molecule has 25 heavy (non-hydrogen) atoms. The zero-order chi connectivity index (χ0) is 17.7. The number of hydrogen-bond acceptors (Lipinski definition) is 6. The topological polar surface area (TPSA) is 86.1 Å². The Morgan fingerprint density at radius 1 is 1.28 bits per heavy atom. The highest BCUT2D eigenvalue weighted by molar-refractivity contribution is 5.85. The second-order valence-electron chi connectivity index (χ2n) is 6.17. The maximum Gasteiger partial charge on any atom is 0.255 e. The van der Waals surface area contributed by atoms with Crippen LogP contribution >= 0.6 is 12.4 Å². The van der Waals surface area contributed by atoms with Gasteiger partial charge in [0.05, 0.1) is 14.2 Å². The number of methoxy groups -OCH3 is 2. The zero-order valence-electron chi connectivity index (χ0n) is 15.2. The van der Waals surface area contributed by atoms with E-state index in [0.29, 0.717) is 29.3 Å². The molecule has 0 radical (unpaired) electrons. The van der Waals surface area contributed by atoms with Crippen molar-refractivity contribution in [3.05, 3.63) is 17.7 Å². The van der Waals surface area contributed by atoms with Crippen LogP contribution in [0.3, 0.4) is 0 Å². The summed E-state index contributed by atoms with van der Waals surface area (Å²) in [6.45, 7) is 6.90. The number of ether oxygens (including phenoxy) is 3. The van der Waals surface area contributed by atoms with Crippen LogP contribution in [-0.2, 0) is 11.3 Å². The molecule has 1 amide bonds. The molecule has 0 aliphatic carbocycles. The Bertz CT molecular complexity index is 560. The van der Waals surface area contributed by atoms with E-state index in [1.54, 1.807) is 14.2 Å². The maximum absolute atomic E-state index is 11.0. The van der Waals surface area contributed by atoms with Gasteiger partial charge in [-0.1, -0.05) is 0 Å². The molecule has 1 aliphatic rings. The van der Waals surface area contributed by atoms with Gasteiger partial charge in [-0.05, 0) is 31.5 Å². The average Bonchev–Trinajstić information content (AvgIpc) is 2.55. The van der Waals surface area contributed by atoms with Gasteiger partial charge >= 0.3 is 0 Å². The zero-order valence-corrected chi connectivity index (χ0v) is 16.0. The minimum atomic E-state index is -0.549. The second kappa shape index (κ2) is 9.70. The molecule has 0 spiro atoms. The second-order valence-corrected chi connectivity index (χ2v) is 6.17. The molecule has 0 aromatic heterocycles. The smallest absolute Gasteiger partial charge is 0.255 e. The van der Waals surface area contributed by atoms with Gasteiger partial charge in [0.1, 0.15) is 0 Å². The molecule has 1 fully saturated rings. The van der Waals surface area contributed by atoms with Crippen LogP contribution in [0.1, 0.15) is 19.4 Å². The highest BCUT2D eigenvalue weighted by atomic mass is 35.5. The van der Waals surface area contributed by atoms with Crippen molar-refractivity contribution in [2.24, 2.45) is 5.73 Å². The Kier molecular flexibility index (Phi) is 8.28. The summed E-state index contributed by atoms with van der Waals surface area (Å²) in [4.78, 5) is 13.4. The number of carbonyl (C=O) groups is 1. The van der Waals surface area contributed by atoms with Gasteiger partial charge in [-0.15, -0.1) is 12.4 Å². The van der Waals surface area contributed by atoms with Gasteiger partial charge in [0.15, 0.2) is 18.1 Å². The van der Waals surface area contributed by atoms with Crippen LogP contribution in [0.25, 0.3) is 0 Å². The van der Waals surface area contributed by atoms with Crippen LogP contribution in [0, 0.1) is 0 Å². The summed E-state index contributed by atoms with van der Waals surface area (Å²) in [5.74, 6) is 0.902. The lowest BCUT2D eigenvalue weighted by atomic mass is 10.1. The van der Waals surface area contributed by atoms with Crippen LogP contribution in [0.5, 0.6) is 17.2 Å². The normalized spacial score (nSPS) is 20.5. The van der Waals surface area contributed by atoms with Gasteiger partial charge in [-0.25, -0.2) is 0 Å². The first-order valence-corrected chi connectivity index (χ1v) is 8.08. The molecule has 0 saturated carbocycles. The Balaban J connectivity index is 0.00000312. The number of rotatable bonds is 7. The predicted molar refractivity (Wildman–Crippen MR) is 98.8 cm³/mol. The molecule has 1 heterocycles. The molecule has 2 unspecified atom stereocenters. The fraction of sp³-hybridized carbons (Fsp3) is 0.588. The summed E-state index contributed by atoms with van der Waals surface area (Å²) >= 11 is 0. The molecule has 3 N–H and O–H groups in total. The summed E-state index contributed by atoms with van der Waals surface area (Å²) in [6.07, 6.45) is 0. The van der Waals surface area contributed by atoms with E-state index in [1.165, 1.54) is 0 Å². The van der Waals surface area contributed by atoms with Crippen molar-refractivity contribution < 1.29 is 19.0 Å². The first kappa shape index (κ1) is 21.3. The van der Waals surface area contributed by atoms with Crippen molar-refractivity contribution >= 4 is 18.3 Å². The van der Waals surface area contributed by atoms with E-state index >= 15 is 0 Å². The fourth-order valence-electron chi connectivity index (χ4n) is 2.86. The van der Waals surface area contributed by atoms with Crippen LogP contribution < -0.4 is 25.3 Å². The lowest BCUT2D eigenvalue weighted by molar-refractivity contribution is -0.119. The van der Waals surface area contributed by atoms with Crippen LogP contribution in [0.4, 0.5) is 0 Å². The Morgan fingerprint density at radius 2 is 1.88 bits per heavy atom. The molecular weight excluding hydrogens is 346 g/mol. The van der Waals surface area contributed by atoms with Crippen molar-refractivity contribution in [3.63, 3.8) is 0 Å². The molecule has 7 nitrogen and oxygen atoms in total. The van der Waals surface area contributed by atoms with Crippen molar-refractivity contribution in [2.45, 2.75) is 32.5 Å². The number of piperazine rings is 1.